The minimum Gasteiger partial charge on any atom is -0.380 e. The van der Waals surface area contributed by atoms with Gasteiger partial charge >= 0.3 is 0 Å². The zero-order valence-electron chi connectivity index (χ0n) is 7.30. The first-order chi connectivity index (χ1) is 6.88. The number of oxime groups is 1. The van der Waals surface area contributed by atoms with Crippen molar-refractivity contribution in [2.24, 2.45) is 5.16 Å². The van der Waals surface area contributed by atoms with Crippen LogP contribution in [0, 0.1) is 11.3 Å². The molecule has 0 heterocycles. The van der Waals surface area contributed by atoms with Crippen molar-refractivity contribution in [3.8, 4) is 6.07 Å². The Labute approximate surface area is 81.4 Å². The van der Waals surface area contributed by atoms with Crippen LogP contribution in [-0.2, 0) is 9.63 Å². The molecule has 0 aliphatic rings. The summed E-state index contributed by atoms with van der Waals surface area (Å²) in [5.41, 5.74) is 0.668. The van der Waals surface area contributed by atoms with E-state index in [2.05, 4.69) is 9.99 Å². The molecule has 0 saturated heterocycles. The van der Waals surface area contributed by atoms with Crippen molar-refractivity contribution in [1.29, 1.82) is 5.26 Å². The second-order valence-corrected chi connectivity index (χ2v) is 2.34. The molecule has 0 aromatic heterocycles. The van der Waals surface area contributed by atoms with Crippen LogP contribution >= 0.6 is 0 Å². The largest absolute Gasteiger partial charge is 0.380 e. The maximum Gasteiger partial charge on any atom is 0.257 e. The zero-order chi connectivity index (χ0) is 10.2. The lowest BCUT2D eigenvalue weighted by molar-refractivity contribution is 0.179. The maximum atomic E-state index is 10.5. The van der Waals surface area contributed by atoms with Crippen LogP contribution in [0.3, 0.4) is 0 Å². The number of rotatable bonds is 4. The molecular formula is C10H7N2O2. The average Bonchev–Trinajstić information content (AvgIpc) is 2.26. The summed E-state index contributed by atoms with van der Waals surface area (Å²) < 4.78 is 0. The monoisotopic (exact) mass is 187 g/mol. The SMILES string of the molecule is N#CCON=C([C]=O)c1ccccc1. The lowest BCUT2D eigenvalue weighted by Crippen LogP contribution is -2.03. The first-order valence-corrected chi connectivity index (χ1v) is 3.89. The van der Waals surface area contributed by atoms with Crippen LogP contribution in [0.25, 0.3) is 0 Å². The van der Waals surface area contributed by atoms with Crippen molar-refractivity contribution in [3.63, 3.8) is 0 Å². The van der Waals surface area contributed by atoms with Gasteiger partial charge in [-0.2, -0.15) is 5.26 Å². The summed E-state index contributed by atoms with van der Waals surface area (Å²) in [6, 6.07) is 10.5. The van der Waals surface area contributed by atoms with Crippen LogP contribution in [0.4, 0.5) is 0 Å². The summed E-state index contributed by atoms with van der Waals surface area (Å²) in [6.07, 6.45) is 1.64. The fourth-order valence-corrected chi connectivity index (χ4v) is 0.852. The number of benzene rings is 1. The molecule has 0 atom stereocenters. The van der Waals surface area contributed by atoms with E-state index in [1.807, 2.05) is 6.07 Å². The highest BCUT2D eigenvalue weighted by Crippen LogP contribution is 1.99. The zero-order valence-corrected chi connectivity index (χ0v) is 7.30. The van der Waals surface area contributed by atoms with Crippen molar-refractivity contribution in [2.75, 3.05) is 6.61 Å². The number of hydrogen-bond donors (Lipinski definition) is 0. The third kappa shape index (κ3) is 2.72. The van der Waals surface area contributed by atoms with Crippen molar-refractivity contribution in [1.82, 2.24) is 0 Å². The molecule has 0 saturated carbocycles. The topological polar surface area (TPSA) is 62.4 Å². The Kier molecular flexibility index (Phi) is 3.89. The van der Waals surface area contributed by atoms with E-state index in [1.165, 1.54) is 0 Å². The highest BCUT2D eigenvalue weighted by Gasteiger charge is 2.02. The molecule has 0 aliphatic carbocycles. The fraction of sp³-hybridized carbons (Fsp3) is 0.100. The van der Waals surface area contributed by atoms with Gasteiger partial charge in [-0.1, -0.05) is 35.5 Å². The Morgan fingerprint density at radius 2 is 2.14 bits per heavy atom. The molecule has 0 fully saturated rings. The van der Waals surface area contributed by atoms with E-state index in [-0.39, 0.29) is 12.3 Å². The van der Waals surface area contributed by atoms with Gasteiger partial charge in [0.2, 0.25) is 6.61 Å². The normalized spacial score (nSPS) is 10.4. The highest BCUT2D eigenvalue weighted by molar-refractivity contribution is 6.36. The molecule has 0 unspecified atom stereocenters. The van der Waals surface area contributed by atoms with E-state index < -0.39 is 0 Å². The van der Waals surface area contributed by atoms with Crippen molar-refractivity contribution in [2.45, 2.75) is 0 Å². The predicted octanol–water partition coefficient (Wildman–Crippen LogP) is 1.04. The van der Waals surface area contributed by atoms with Crippen LogP contribution in [0.15, 0.2) is 35.5 Å². The number of nitrogens with zero attached hydrogens (tertiary/aromatic N) is 2. The molecule has 0 aliphatic heterocycles. The summed E-state index contributed by atoms with van der Waals surface area (Å²) in [6.45, 7) is -0.183. The van der Waals surface area contributed by atoms with Crippen molar-refractivity contribution >= 4 is 12.0 Å². The van der Waals surface area contributed by atoms with Gasteiger partial charge in [0.15, 0.2) is 5.71 Å². The van der Waals surface area contributed by atoms with E-state index in [4.69, 9.17) is 5.26 Å². The number of hydrogen-bond acceptors (Lipinski definition) is 4. The summed E-state index contributed by atoms with van der Waals surface area (Å²) in [4.78, 5) is 15.0. The van der Waals surface area contributed by atoms with Gasteiger partial charge in [0.1, 0.15) is 6.07 Å². The smallest absolute Gasteiger partial charge is 0.257 e. The van der Waals surface area contributed by atoms with Gasteiger partial charge in [0, 0.05) is 5.56 Å². The van der Waals surface area contributed by atoms with Gasteiger partial charge in [-0.3, -0.25) is 4.79 Å². The fourth-order valence-electron chi connectivity index (χ4n) is 0.852. The average molecular weight is 187 g/mol. The predicted molar refractivity (Wildman–Crippen MR) is 50.2 cm³/mol. The van der Waals surface area contributed by atoms with E-state index in [0.29, 0.717) is 5.56 Å². The summed E-state index contributed by atoms with van der Waals surface area (Å²) in [5.74, 6) is 0. The minimum absolute atomic E-state index is 0.0563. The van der Waals surface area contributed by atoms with Gasteiger partial charge in [-0.05, 0) is 0 Å². The molecule has 0 spiro atoms. The second kappa shape index (κ2) is 5.49. The lowest BCUT2D eigenvalue weighted by atomic mass is 10.1. The lowest BCUT2D eigenvalue weighted by Gasteiger charge is -1.96. The molecule has 69 valence electrons. The minimum atomic E-state index is -0.183. The molecule has 1 aromatic rings. The van der Waals surface area contributed by atoms with Gasteiger partial charge in [0.05, 0.1) is 0 Å². The quantitative estimate of drug-likeness (QED) is 0.402. The van der Waals surface area contributed by atoms with E-state index in [9.17, 15) is 4.79 Å². The molecule has 1 rings (SSSR count). The molecule has 4 nitrogen and oxygen atoms in total. The molecular weight excluding hydrogens is 180 g/mol. The Morgan fingerprint density at radius 3 is 2.71 bits per heavy atom. The molecule has 14 heavy (non-hydrogen) atoms. The van der Waals surface area contributed by atoms with Crippen LogP contribution in [0.2, 0.25) is 0 Å². The molecule has 0 N–H and O–H groups in total. The van der Waals surface area contributed by atoms with Crippen LogP contribution in [0.5, 0.6) is 0 Å². The molecule has 0 amide bonds. The van der Waals surface area contributed by atoms with Crippen molar-refractivity contribution in [3.05, 3.63) is 35.9 Å². The van der Waals surface area contributed by atoms with Gasteiger partial charge in [0.25, 0.3) is 6.29 Å². The van der Waals surface area contributed by atoms with Crippen molar-refractivity contribution < 1.29 is 9.63 Å². The van der Waals surface area contributed by atoms with Crippen LogP contribution in [0.1, 0.15) is 5.56 Å². The molecule has 1 aromatic carbocycles. The maximum absolute atomic E-state index is 10.5. The van der Waals surface area contributed by atoms with Crippen LogP contribution < -0.4 is 0 Å². The van der Waals surface area contributed by atoms with E-state index >= 15 is 0 Å². The standard InChI is InChI=1S/C10H7N2O2/c11-6-7-14-12-10(8-13)9-4-2-1-3-5-9/h1-5H,7H2. The first-order valence-electron chi connectivity index (χ1n) is 3.89. The third-order valence-electron chi connectivity index (χ3n) is 1.43. The van der Waals surface area contributed by atoms with Gasteiger partial charge in [-0.25, -0.2) is 0 Å². The first kappa shape index (κ1) is 9.93. The Morgan fingerprint density at radius 1 is 1.43 bits per heavy atom. The Balaban J connectivity index is 2.78. The molecule has 4 heteroatoms. The number of nitriles is 1. The Bertz CT molecular complexity index is 365. The molecule has 1 radical (unpaired) electrons. The molecule has 0 bridgehead atoms. The summed E-state index contributed by atoms with van der Waals surface area (Å²) in [7, 11) is 0. The van der Waals surface area contributed by atoms with E-state index in [1.54, 1.807) is 36.6 Å². The highest BCUT2D eigenvalue weighted by atomic mass is 16.6. The van der Waals surface area contributed by atoms with Gasteiger partial charge in [-0.15, -0.1) is 0 Å². The second-order valence-electron chi connectivity index (χ2n) is 2.34. The number of carbonyl (C=O) groups excluding carboxylic acids is 1. The summed E-state index contributed by atoms with van der Waals surface area (Å²) in [5, 5.41) is 11.7. The van der Waals surface area contributed by atoms with E-state index in [0.717, 1.165) is 0 Å². The van der Waals surface area contributed by atoms with Crippen LogP contribution in [-0.4, -0.2) is 18.6 Å². The third-order valence-corrected chi connectivity index (χ3v) is 1.43. The Hall–Kier alpha value is -2.15. The van der Waals surface area contributed by atoms with Gasteiger partial charge < -0.3 is 4.84 Å². The summed E-state index contributed by atoms with van der Waals surface area (Å²) >= 11 is 0.